The van der Waals surface area contributed by atoms with Crippen molar-refractivity contribution < 1.29 is 14.6 Å². The van der Waals surface area contributed by atoms with E-state index < -0.39 is 6.10 Å². The summed E-state index contributed by atoms with van der Waals surface area (Å²) in [6.07, 6.45) is 3.26. The van der Waals surface area contributed by atoms with Crippen molar-refractivity contribution in [2.24, 2.45) is 5.92 Å². The SMILES string of the molecule is CO[C@@H]1C[C@H](C(=O)NCC2(c3ccccc3)CCN(Cc3ccccc3)CC2)CC[C@@H]1O. The Hall–Kier alpha value is -2.21. The first kappa shape index (κ1) is 23.0. The van der Waals surface area contributed by atoms with Gasteiger partial charge in [0.25, 0.3) is 0 Å². The van der Waals surface area contributed by atoms with Gasteiger partial charge in [-0.2, -0.15) is 0 Å². The molecule has 4 rings (SSSR count). The van der Waals surface area contributed by atoms with Gasteiger partial charge in [-0.15, -0.1) is 0 Å². The van der Waals surface area contributed by atoms with E-state index in [0.29, 0.717) is 19.4 Å². The number of hydrogen-bond donors (Lipinski definition) is 2. The second kappa shape index (κ2) is 10.6. The van der Waals surface area contributed by atoms with Crippen molar-refractivity contribution in [3.63, 3.8) is 0 Å². The minimum Gasteiger partial charge on any atom is -0.390 e. The number of aliphatic hydroxyl groups excluding tert-OH is 1. The van der Waals surface area contributed by atoms with Crippen LogP contribution in [0.15, 0.2) is 60.7 Å². The standard InChI is InChI=1S/C27H36N2O3/c1-32-25-18-22(12-13-24(25)30)26(31)28-20-27(23-10-6-3-7-11-23)14-16-29(17-15-27)19-21-8-4-2-5-9-21/h2-11,22,24-25,30H,12-20H2,1H3,(H,28,31)/t22-,24+,25-/m1/s1. The molecule has 1 aliphatic heterocycles. The lowest BCUT2D eigenvalue weighted by molar-refractivity contribution is -0.130. The smallest absolute Gasteiger partial charge is 0.223 e. The van der Waals surface area contributed by atoms with E-state index in [0.717, 1.165) is 38.9 Å². The molecule has 5 heteroatoms. The molecule has 3 atom stereocenters. The predicted octanol–water partition coefficient (Wildman–Crippen LogP) is 3.51. The van der Waals surface area contributed by atoms with Crippen LogP contribution in [-0.4, -0.2) is 54.9 Å². The Bertz CT molecular complexity index is 850. The van der Waals surface area contributed by atoms with Gasteiger partial charge in [0.1, 0.15) is 0 Å². The Morgan fingerprint density at radius 3 is 2.38 bits per heavy atom. The number of rotatable bonds is 7. The fourth-order valence-corrected chi connectivity index (χ4v) is 5.35. The highest BCUT2D eigenvalue weighted by molar-refractivity contribution is 5.79. The number of methoxy groups -OCH3 is 1. The van der Waals surface area contributed by atoms with Gasteiger partial charge in [0, 0.05) is 31.5 Å². The van der Waals surface area contributed by atoms with Crippen LogP contribution in [0, 0.1) is 5.92 Å². The highest BCUT2D eigenvalue weighted by Gasteiger charge is 2.38. The lowest BCUT2D eigenvalue weighted by Crippen LogP contribution is -2.50. The fourth-order valence-electron chi connectivity index (χ4n) is 5.35. The molecule has 5 nitrogen and oxygen atoms in total. The van der Waals surface area contributed by atoms with E-state index in [4.69, 9.17) is 4.74 Å². The maximum atomic E-state index is 13.0. The summed E-state index contributed by atoms with van der Waals surface area (Å²) in [5, 5.41) is 13.4. The second-order valence-corrected chi connectivity index (χ2v) is 9.48. The molecule has 1 saturated heterocycles. The molecule has 2 N–H and O–H groups in total. The molecule has 2 aliphatic rings. The minimum absolute atomic E-state index is 0.0427. The zero-order chi connectivity index (χ0) is 22.4. The molecule has 32 heavy (non-hydrogen) atoms. The zero-order valence-corrected chi connectivity index (χ0v) is 19.1. The number of piperidine rings is 1. The predicted molar refractivity (Wildman–Crippen MR) is 126 cm³/mol. The maximum Gasteiger partial charge on any atom is 0.223 e. The third-order valence-electron chi connectivity index (χ3n) is 7.48. The Labute approximate surface area is 191 Å². The molecule has 2 aromatic carbocycles. The van der Waals surface area contributed by atoms with Gasteiger partial charge in [-0.25, -0.2) is 0 Å². The number of carbonyl (C=O) groups is 1. The Morgan fingerprint density at radius 1 is 1.06 bits per heavy atom. The summed E-state index contributed by atoms with van der Waals surface area (Å²) in [4.78, 5) is 15.5. The molecular formula is C27H36N2O3. The normalized spacial score (nSPS) is 25.9. The maximum absolute atomic E-state index is 13.0. The van der Waals surface area contributed by atoms with Crippen LogP contribution in [0.4, 0.5) is 0 Å². The average molecular weight is 437 g/mol. The number of benzene rings is 2. The van der Waals surface area contributed by atoms with Crippen LogP contribution in [0.5, 0.6) is 0 Å². The summed E-state index contributed by atoms with van der Waals surface area (Å²) < 4.78 is 5.39. The molecule has 1 amide bonds. The number of nitrogens with one attached hydrogen (secondary N) is 1. The zero-order valence-electron chi connectivity index (χ0n) is 19.1. The lowest BCUT2D eigenvalue weighted by Gasteiger charge is -2.43. The number of aliphatic hydroxyl groups is 1. The highest BCUT2D eigenvalue weighted by Crippen LogP contribution is 2.36. The van der Waals surface area contributed by atoms with Crippen molar-refractivity contribution in [3.8, 4) is 0 Å². The van der Waals surface area contributed by atoms with Crippen molar-refractivity contribution in [2.45, 2.75) is 56.3 Å². The number of carbonyl (C=O) groups excluding carboxylic acids is 1. The van der Waals surface area contributed by atoms with Crippen LogP contribution >= 0.6 is 0 Å². The molecule has 0 bridgehead atoms. The number of nitrogens with zero attached hydrogens (tertiary/aromatic N) is 1. The van der Waals surface area contributed by atoms with Gasteiger partial charge in [0.15, 0.2) is 0 Å². The average Bonchev–Trinajstić information content (AvgIpc) is 2.85. The Balaban J connectivity index is 1.40. The summed E-state index contributed by atoms with van der Waals surface area (Å²) in [6, 6.07) is 21.3. The molecule has 0 aromatic heterocycles. The first-order chi connectivity index (χ1) is 15.6. The molecule has 0 spiro atoms. The van der Waals surface area contributed by atoms with Gasteiger partial charge in [0.2, 0.25) is 5.91 Å². The van der Waals surface area contributed by atoms with E-state index in [2.05, 4.69) is 70.9 Å². The van der Waals surface area contributed by atoms with Crippen molar-refractivity contribution >= 4 is 5.91 Å². The van der Waals surface area contributed by atoms with Crippen LogP contribution in [0.1, 0.15) is 43.2 Å². The molecule has 0 unspecified atom stereocenters. The van der Waals surface area contributed by atoms with Crippen LogP contribution < -0.4 is 5.32 Å². The van der Waals surface area contributed by atoms with Gasteiger partial charge in [-0.05, 0) is 56.3 Å². The van der Waals surface area contributed by atoms with E-state index in [9.17, 15) is 9.90 Å². The monoisotopic (exact) mass is 436 g/mol. The summed E-state index contributed by atoms with van der Waals surface area (Å²) in [6.45, 7) is 3.66. The Morgan fingerprint density at radius 2 is 1.72 bits per heavy atom. The largest absolute Gasteiger partial charge is 0.390 e. The van der Waals surface area contributed by atoms with Crippen molar-refractivity contribution in [1.29, 1.82) is 0 Å². The van der Waals surface area contributed by atoms with E-state index >= 15 is 0 Å². The van der Waals surface area contributed by atoms with E-state index in [-0.39, 0.29) is 23.3 Å². The molecule has 0 radical (unpaired) electrons. The third-order valence-corrected chi connectivity index (χ3v) is 7.48. The number of hydrogen-bond acceptors (Lipinski definition) is 4. The van der Waals surface area contributed by atoms with Crippen LogP contribution in [-0.2, 0) is 21.5 Å². The van der Waals surface area contributed by atoms with E-state index in [1.807, 2.05) is 0 Å². The van der Waals surface area contributed by atoms with Crippen LogP contribution in [0.25, 0.3) is 0 Å². The number of ether oxygens (including phenoxy) is 1. The van der Waals surface area contributed by atoms with Crippen molar-refractivity contribution in [1.82, 2.24) is 10.2 Å². The quantitative estimate of drug-likeness (QED) is 0.697. The van der Waals surface area contributed by atoms with Gasteiger partial charge < -0.3 is 15.2 Å². The molecule has 2 fully saturated rings. The summed E-state index contributed by atoms with van der Waals surface area (Å²) >= 11 is 0. The lowest BCUT2D eigenvalue weighted by atomic mass is 9.72. The molecule has 1 heterocycles. The molecule has 172 valence electrons. The fraction of sp³-hybridized carbons (Fsp3) is 0.519. The summed E-state index contributed by atoms with van der Waals surface area (Å²) in [7, 11) is 1.61. The third kappa shape index (κ3) is 5.40. The number of amides is 1. The minimum atomic E-state index is -0.464. The first-order valence-corrected chi connectivity index (χ1v) is 11.9. The van der Waals surface area contributed by atoms with Crippen LogP contribution in [0.2, 0.25) is 0 Å². The second-order valence-electron chi connectivity index (χ2n) is 9.48. The van der Waals surface area contributed by atoms with Gasteiger partial charge in [-0.1, -0.05) is 60.7 Å². The van der Waals surface area contributed by atoms with Crippen molar-refractivity contribution in [2.75, 3.05) is 26.7 Å². The van der Waals surface area contributed by atoms with E-state index in [1.54, 1.807) is 7.11 Å². The van der Waals surface area contributed by atoms with Gasteiger partial charge >= 0.3 is 0 Å². The van der Waals surface area contributed by atoms with Gasteiger partial charge in [0.05, 0.1) is 12.2 Å². The molecule has 1 aliphatic carbocycles. The summed E-state index contributed by atoms with van der Waals surface area (Å²) in [5.41, 5.74) is 2.62. The molecular weight excluding hydrogens is 400 g/mol. The van der Waals surface area contributed by atoms with Crippen molar-refractivity contribution in [3.05, 3.63) is 71.8 Å². The molecule has 1 saturated carbocycles. The summed E-state index contributed by atoms with van der Waals surface area (Å²) in [5.74, 6) is 0.00955. The van der Waals surface area contributed by atoms with Crippen LogP contribution in [0.3, 0.4) is 0 Å². The topological polar surface area (TPSA) is 61.8 Å². The highest BCUT2D eigenvalue weighted by atomic mass is 16.5. The molecule has 2 aromatic rings. The van der Waals surface area contributed by atoms with E-state index in [1.165, 1.54) is 11.1 Å². The Kier molecular flexibility index (Phi) is 7.61. The first-order valence-electron chi connectivity index (χ1n) is 11.9. The number of likely N-dealkylation sites (tertiary alicyclic amines) is 1. The van der Waals surface area contributed by atoms with Gasteiger partial charge in [-0.3, -0.25) is 9.69 Å².